The Hall–Kier alpha value is -3.75. The van der Waals surface area contributed by atoms with Gasteiger partial charge in [-0.05, 0) is 49.2 Å². The number of para-hydroxylation sites is 1. The minimum Gasteiger partial charge on any atom is -0.393 e. The Balaban J connectivity index is 1.53. The van der Waals surface area contributed by atoms with Crippen LogP contribution in [0.5, 0.6) is 0 Å². The average molecular weight is 480 g/mol. The van der Waals surface area contributed by atoms with Crippen molar-refractivity contribution in [3.63, 3.8) is 0 Å². The third kappa shape index (κ3) is 6.63. The fraction of sp³-hybridized carbons (Fsp3) is 0.304. The first-order chi connectivity index (χ1) is 16.3. The van der Waals surface area contributed by atoms with Gasteiger partial charge in [-0.15, -0.1) is 0 Å². The number of nitrogens with two attached hydrogens (primary N) is 2. The number of anilines is 2. The van der Waals surface area contributed by atoms with Crippen LogP contribution in [0.15, 0.2) is 53.3 Å². The highest BCUT2D eigenvalue weighted by molar-refractivity contribution is 8.00. The number of hydrogen-bond donors (Lipinski definition) is 3. The number of aryl methyl sites for hydroxylation is 1. The summed E-state index contributed by atoms with van der Waals surface area (Å²) in [5.41, 5.74) is 14.6. The topological polar surface area (TPSA) is 140 Å². The molecule has 0 radical (unpaired) electrons. The molecule has 1 aromatic carbocycles. The van der Waals surface area contributed by atoms with Gasteiger partial charge >= 0.3 is 0 Å². The predicted molar refractivity (Wildman–Crippen MR) is 136 cm³/mol. The third-order valence-corrected chi connectivity index (χ3v) is 6.00. The summed E-state index contributed by atoms with van der Waals surface area (Å²) in [6, 6.07) is 11.1. The highest BCUT2D eigenvalue weighted by Gasteiger charge is 2.20. The zero-order valence-corrected chi connectivity index (χ0v) is 20.3. The van der Waals surface area contributed by atoms with E-state index in [1.54, 1.807) is 24.3 Å². The van der Waals surface area contributed by atoms with E-state index in [1.807, 2.05) is 44.1 Å². The molecular weight excluding hydrogens is 450 g/mol. The molecule has 11 heteroatoms. The van der Waals surface area contributed by atoms with Gasteiger partial charge in [0.2, 0.25) is 5.95 Å². The van der Waals surface area contributed by atoms with Crippen molar-refractivity contribution < 1.29 is 4.79 Å². The third-order valence-electron chi connectivity index (χ3n) is 5.03. The standard InChI is InChI=1S/C23H29N9OS/c1-16-14-17(15-24)28-23(27-16)31-10-12-32(13-11-31)34-21(26)9-8-20(25)29-22(33)18-6-4-5-7-19(18)30(2)3/h4-9,14H,10-13,25-26H2,1-3H3,(H,29,33)/b20-8+,21-9+. The molecule has 0 saturated carbocycles. The van der Waals surface area contributed by atoms with Gasteiger partial charge in [-0.3, -0.25) is 4.79 Å². The van der Waals surface area contributed by atoms with Crippen LogP contribution in [0.2, 0.25) is 0 Å². The molecule has 1 amide bonds. The highest BCUT2D eigenvalue weighted by Crippen LogP contribution is 2.21. The number of nitrogens with zero attached hydrogens (tertiary/aromatic N) is 6. The molecule has 178 valence electrons. The van der Waals surface area contributed by atoms with Gasteiger partial charge in [0, 0.05) is 51.7 Å². The Bertz CT molecular complexity index is 1130. The number of piperazine rings is 1. The first kappa shape index (κ1) is 24.9. The average Bonchev–Trinajstić information content (AvgIpc) is 2.82. The molecule has 2 heterocycles. The Kier molecular flexibility index (Phi) is 8.34. The lowest BCUT2D eigenvalue weighted by Crippen LogP contribution is -2.44. The summed E-state index contributed by atoms with van der Waals surface area (Å²) in [5, 5.41) is 12.4. The van der Waals surface area contributed by atoms with Crippen molar-refractivity contribution in [1.29, 1.82) is 5.26 Å². The zero-order valence-electron chi connectivity index (χ0n) is 19.5. The van der Waals surface area contributed by atoms with Crippen LogP contribution in [0, 0.1) is 18.3 Å². The lowest BCUT2D eigenvalue weighted by Gasteiger charge is -2.33. The van der Waals surface area contributed by atoms with Crippen molar-refractivity contribution in [3.05, 3.63) is 70.3 Å². The molecule has 5 N–H and O–H groups in total. The molecule has 34 heavy (non-hydrogen) atoms. The number of carbonyl (C=O) groups excluding carboxylic acids is 1. The normalized spacial score (nSPS) is 15.1. The molecule has 3 rings (SSSR count). The summed E-state index contributed by atoms with van der Waals surface area (Å²) in [6.45, 7) is 4.78. The summed E-state index contributed by atoms with van der Waals surface area (Å²) in [5.74, 6) is 0.496. The molecule has 0 bridgehead atoms. The summed E-state index contributed by atoms with van der Waals surface area (Å²) >= 11 is 1.43. The van der Waals surface area contributed by atoms with Gasteiger partial charge < -0.3 is 26.6 Å². The molecule has 1 saturated heterocycles. The van der Waals surface area contributed by atoms with Crippen molar-refractivity contribution in [1.82, 2.24) is 19.6 Å². The van der Waals surface area contributed by atoms with Crippen molar-refractivity contribution in [2.75, 3.05) is 50.1 Å². The maximum Gasteiger partial charge on any atom is 0.258 e. The van der Waals surface area contributed by atoms with Crippen LogP contribution in [-0.2, 0) is 0 Å². The molecule has 2 aromatic rings. The zero-order chi connectivity index (χ0) is 24.7. The van der Waals surface area contributed by atoms with Crippen molar-refractivity contribution in [2.24, 2.45) is 11.5 Å². The van der Waals surface area contributed by atoms with Gasteiger partial charge in [-0.1, -0.05) is 12.1 Å². The first-order valence-corrected chi connectivity index (χ1v) is 11.5. The van der Waals surface area contributed by atoms with E-state index in [2.05, 4.69) is 30.6 Å². The van der Waals surface area contributed by atoms with Crippen LogP contribution in [0.4, 0.5) is 11.6 Å². The number of nitrogens with one attached hydrogen (secondary N) is 1. The SMILES string of the molecule is Cc1cc(C#N)nc(N2CCN(S/C(N)=C/C=C(\N)NC(=O)c3ccccc3N(C)C)CC2)n1. The minimum atomic E-state index is -0.285. The van der Waals surface area contributed by atoms with E-state index >= 15 is 0 Å². The van der Waals surface area contributed by atoms with Gasteiger partial charge in [-0.2, -0.15) is 5.26 Å². The molecule has 1 fully saturated rings. The van der Waals surface area contributed by atoms with Gasteiger partial charge in [0.05, 0.1) is 10.6 Å². The fourth-order valence-electron chi connectivity index (χ4n) is 3.38. The number of rotatable bonds is 7. The van der Waals surface area contributed by atoms with Gasteiger partial charge in [0.25, 0.3) is 5.91 Å². The lowest BCUT2D eigenvalue weighted by molar-refractivity contribution is 0.0966. The Labute approximate surface area is 204 Å². The van der Waals surface area contributed by atoms with Crippen LogP contribution in [-0.4, -0.2) is 60.5 Å². The number of nitriles is 1. The Morgan fingerprint density at radius 3 is 2.56 bits per heavy atom. The maximum atomic E-state index is 12.6. The molecule has 0 aliphatic carbocycles. The van der Waals surface area contributed by atoms with Crippen LogP contribution in [0.3, 0.4) is 0 Å². The molecular formula is C23H29N9OS. The second-order valence-electron chi connectivity index (χ2n) is 7.87. The second-order valence-corrected chi connectivity index (χ2v) is 9.04. The van der Waals surface area contributed by atoms with Crippen LogP contribution < -0.4 is 26.6 Å². The number of hydrogen-bond acceptors (Lipinski definition) is 10. The van der Waals surface area contributed by atoms with E-state index in [9.17, 15) is 4.79 Å². The number of allylic oxidation sites excluding steroid dienone is 2. The number of aromatic nitrogens is 2. The number of benzene rings is 1. The molecule has 1 aromatic heterocycles. The predicted octanol–water partition coefficient (Wildman–Crippen LogP) is 1.52. The molecule has 0 spiro atoms. The molecule has 1 aliphatic heterocycles. The summed E-state index contributed by atoms with van der Waals surface area (Å²) in [7, 11) is 3.76. The molecule has 1 aliphatic rings. The number of carbonyl (C=O) groups is 1. The van der Waals surface area contributed by atoms with E-state index in [-0.39, 0.29) is 11.7 Å². The van der Waals surface area contributed by atoms with E-state index in [0.717, 1.165) is 24.5 Å². The van der Waals surface area contributed by atoms with Crippen molar-refractivity contribution >= 4 is 29.5 Å². The first-order valence-electron chi connectivity index (χ1n) is 10.7. The van der Waals surface area contributed by atoms with E-state index < -0.39 is 0 Å². The van der Waals surface area contributed by atoms with Crippen LogP contribution in [0.1, 0.15) is 21.7 Å². The smallest absolute Gasteiger partial charge is 0.258 e. The summed E-state index contributed by atoms with van der Waals surface area (Å²) in [6.07, 6.45) is 3.26. The van der Waals surface area contributed by atoms with Gasteiger partial charge in [0.1, 0.15) is 17.6 Å². The minimum absolute atomic E-state index is 0.205. The summed E-state index contributed by atoms with van der Waals surface area (Å²) < 4.78 is 2.14. The fourth-order valence-corrected chi connectivity index (χ4v) is 4.15. The highest BCUT2D eigenvalue weighted by atomic mass is 32.2. The quantitative estimate of drug-likeness (QED) is 0.395. The maximum absolute atomic E-state index is 12.6. The van der Waals surface area contributed by atoms with Gasteiger partial charge in [-0.25, -0.2) is 14.3 Å². The molecule has 0 atom stereocenters. The lowest BCUT2D eigenvalue weighted by atomic mass is 10.1. The van der Waals surface area contributed by atoms with Gasteiger partial charge in [0.15, 0.2) is 0 Å². The van der Waals surface area contributed by atoms with Crippen molar-refractivity contribution in [2.45, 2.75) is 6.92 Å². The van der Waals surface area contributed by atoms with Crippen LogP contribution >= 0.6 is 11.9 Å². The van der Waals surface area contributed by atoms with E-state index in [1.165, 1.54) is 11.9 Å². The van der Waals surface area contributed by atoms with E-state index in [4.69, 9.17) is 16.7 Å². The Morgan fingerprint density at radius 1 is 1.18 bits per heavy atom. The second kappa shape index (κ2) is 11.4. The molecule has 0 unspecified atom stereocenters. The number of amides is 1. The monoisotopic (exact) mass is 479 g/mol. The van der Waals surface area contributed by atoms with Crippen molar-refractivity contribution in [3.8, 4) is 6.07 Å². The Morgan fingerprint density at radius 2 is 1.88 bits per heavy atom. The largest absolute Gasteiger partial charge is 0.393 e. The van der Waals surface area contributed by atoms with Crippen LogP contribution in [0.25, 0.3) is 0 Å². The van der Waals surface area contributed by atoms with E-state index in [0.29, 0.717) is 35.3 Å². The summed E-state index contributed by atoms with van der Waals surface area (Å²) in [4.78, 5) is 25.3. The molecule has 10 nitrogen and oxygen atoms in total.